The number of rotatable bonds is 3. The topological polar surface area (TPSA) is 79.4 Å². The molecule has 0 spiro atoms. The molecule has 3 rings (SSSR count). The Morgan fingerprint density at radius 3 is 2.36 bits per heavy atom. The minimum absolute atomic E-state index is 0.258. The molecule has 0 unspecified atom stereocenters. The second-order valence-corrected chi connectivity index (χ2v) is 5.09. The third kappa shape index (κ3) is 2.56. The molecule has 1 aromatic carbocycles. The highest BCUT2D eigenvalue weighted by molar-refractivity contribution is 6.30. The zero-order valence-electron chi connectivity index (χ0n) is 11.2. The summed E-state index contributed by atoms with van der Waals surface area (Å²) < 4.78 is 0. The fourth-order valence-corrected chi connectivity index (χ4v) is 2.34. The van der Waals surface area contributed by atoms with Crippen LogP contribution in [0.3, 0.4) is 0 Å². The summed E-state index contributed by atoms with van der Waals surface area (Å²) in [4.78, 5) is 41.1. The number of fused-ring (bicyclic) bond motifs is 1. The van der Waals surface area contributed by atoms with Crippen LogP contribution in [0.2, 0.25) is 5.02 Å². The number of aromatic nitrogens is 1. The van der Waals surface area contributed by atoms with Crippen LogP contribution in [0.15, 0.2) is 42.6 Å². The first-order chi connectivity index (χ1) is 10.6. The van der Waals surface area contributed by atoms with Crippen LogP contribution in [-0.4, -0.2) is 34.2 Å². The molecule has 2 aromatic rings. The van der Waals surface area contributed by atoms with Gasteiger partial charge >= 0.3 is 0 Å². The Hall–Kier alpha value is -2.73. The van der Waals surface area contributed by atoms with E-state index in [0.717, 1.165) is 4.90 Å². The van der Waals surface area contributed by atoms with Gasteiger partial charge in [0.25, 0.3) is 11.8 Å². The van der Waals surface area contributed by atoms with E-state index in [-0.39, 0.29) is 12.4 Å². The molecule has 1 aliphatic rings. The Morgan fingerprint density at radius 2 is 1.77 bits per heavy atom. The first kappa shape index (κ1) is 14.2. The summed E-state index contributed by atoms with van der Waals surface area (Å²) in [5.74, 6) is -1.22. The third-order valence-corrected chi connectivity index (χ3v) is 3.40. The Morgan fingerprint density at radius 1 is 1.14 bits per heavy atom. The van der Waals surface area contributed by atoms with E-state index in [1.165, 1.54) is 12.3 Å². The number of pyridine rings is 1. The Kier molecular flexibility index (Phi) is 3.60. The lowest BCUT2D eigenvalue weighted by Gasteiger charge is -2.13. The molecule has 0 radical (unpaired) electrons. The van der Waals surface area contributed by atoms with Crippen LogP contribution in [0.5, 0.6) is 0 Å². The quantitative estimate of drug-likeness (QED) is 0.878. The molecular formula is C15H10ClN3O3. The second-order valence-electron chi connectivity index (χ2n) is 4.65. The van der Waals surface area contributed by atoms with Gasteiger partial charge in [-0.1, -0.05) is 23.7 Å². The molecule has 0 aliphatic carbocycles. The molecule has 2 heterocycles. The van der Waals surface area contributed by atoms with Gasteiger partial charge in [0.05, 0.1) is 11.1 Å². The summed E-state index contributed by atoms with van der Waals surface area (Å²) in [6.07, 6.45) is 1.44. The lowest BCUT2D eigenvalue weighted by molar-refractivity contribution is -0.116. The number of hydrogen-bond acceptors (Lipinski definition) is 4. The largest absolute Gasteiger partial charge is 0.309 e. The molecule has 3 amide bonds. The molecule has 1 N–H and O–H groups in total. The van der Waals surface area contributed by atoms with E-state index in [2.05, 4.69) is 10.3 Å². The van der Waals surface area contributed by atoms with E-state index in [0.29, 0.717) is 16.1 Å². The van der Waals surface area contributed by atoms with Gasteiger partial charge in [-0.25, -0.2) is 4.98 Å². The van der Waals surface area contributed by atoms with Crippen molar-refractivity contribution in [2.75, 3.05) is 11.9 Å². The van der Waals surface area contributed by atoms with Crippen molar-refractivity contribution in [1.29, 1.82) is 0 Å². The Bertz CT molecular complexity index is 756. The van der Waals surface area contributed by atoms with Crippen LogP contribution in [0.1, 0.15) is 20.7 Å². The zero-order chi connectivity index (χ0) is 15.7. The number of halogens is 1. The summed E-state index contributed by atoms with van der Waals surface area (Å²) in [5, 5.41) is 2.92. The molecule has 0 bridgehead atoms. The van der Waals surface area contributed by atoms with Crippen LogP contribution in [0, 0.1) is 0 Å². The van der Waals surface area contributed by atoms with E-state index in [4.69, 9.17) is 11.6 Å². The van der Waals surface area contributed by atoms with Crippen molar-refractivity contribution in [3.63, 3.8) is 0 Å². The fraction of sp³-hybridized carbons (Fsp3) is 0.0667. The molecule has 22 heavy (non-hydrogen) atoms. The van der Waals surface area contributed by atoms with Gasteiger partial charge in [0.2, 0.25) is 5.91 Å². The summed E-state index contributed by atoms with van der Waals surface area (Å²) in [7, 11) is 0. The van der Waals surface area contributed by atoms with E-state index < -0.39 is 17.7 Å². The first-order valence-corrected chi connectivity index (χ1v) is 6.80. The van der Waals surface area contributed by atoms with Crippen molar-refractivity contribution in [3.05, 3.63) is 58.7 Å². The van der Waals surface area contributed by atoms with Crippen molar-refractivity contribution in [3.8, 4) is 0 Å². The van der Waals surface area contributed by atoms with Gasteiger partial charge in [0.1, 0.15) is 12.4 Å². The van der Waals surface area contributed by atoms with Crippen molar-refractivity contribution in [1.82, 2.24) is 9.88 Å². The highest BCUT2D eigenvalue weighted by Crippen LogP contribution is 2.22. The number of carbonyl (C=O) groups excluding carboxylic acids is 3. The fourth-order valence-electron chi connectivity index (χ4n) is 2.18. The van der Waals surface area contributed by atoms with Crippen molar-refractivity contribution >= 4 is 35.1 Å². The van der Waals surface area contributed by atoms with Gasteiger partial charge in [-0.3, -0.25) is 19.3 Å². The normalized spacial score (nSPS) is 13.2. The molecule has 6 nitrogen and oxygen atoms in total. The molecular weight excluding hydrogens is 306 g/mol. The molecule has 1 aromatic heterocycles. The van der Waals surface area contributed by atoms with E-state index in [9.17, 15) is 14.4 Å². The van der Waals surface area contributed by atoms with Crippen molar-refractivity contribution in [2.45, 2.75) is 0 Å². The van der Waals surface area contributed by atoms with Gasteiger partial charge in [-0.15, -0.1) is 0 Å². The van der Waals surface area contributed by atoms with Gasteiger partial charge in [-0.05, 0) is 24.3 Å². The zero-order valence-corrected chi connectivity index (χ0v) is 12.0. The van der Waals surface area contributed by atoms with E-state index >= 15 is 0 Å². The number of hydrogen-bond donors (Lipinski definition) is 1. The minimum Gasteiger partial charge on any atom is -0.309 e. The number of anilines is 1. The maximum Gasteiger partial charge on any atom is 0.262 e. The molecule has 0 atom stereocenters. The number of nitrogens with one attached hydrogen (secondary N) is 1. The van der Waals surface area contributed by atoms with Crippen LogP contribution < -0.4 is 5.32 Å². The van der Waals surface area contributed by atoms with Crippen LogP contribution in [-0.2, 0) is 4.79 Å². The van der Waals surface area contributed by atoms with Crippen molar-refractivity contribution < 1.29 is 14.4 Å². The second kappa shape index (κ2) is 5.57. The smallest absolute Gasteiger partial charge is 0.262 e. The lowest BCUT2D eigenvalue weighted by atomic mass is 10.1. The van der Waals surface area contributed by atoms with Gasteiger partial charge in [0.15, 0.2) is 0 Å². The third-order valence-electron chi connectivity index (χ3n) is 3.17. The molecule has 1 aliphatic heterocycles. The first-order valence-electron chi connectivity index (χ1n) is 6.43. The monoisotopic (exact) mass is 315 g/mol. The van der Waals surface area contributed by atoms with Crippen molar-refractivity contribution in [2.24, 2.45) is 0 Å². The average molecular weight is 316 g/mol. The number of imide groups is 1. The van der Waals surface area contributed by atoms with Crippen LogP contribution in [0.25, 0.3) is 0 Å². The number of benzene rings is 1. The summed E-state index contributed by atoms with van der Waals surface area (Å²) in [6.45, 7) is -0.374. The number of nitrogens with zero attached hydrogens (tertiary/aromatic N) is 2. The predicted molar refractivity (Wildman–Crippen MR) is 79.7 cm³/mol. The summed E-state index contributed by atoms with van der Waals surface area (Å²) in [5.41, 5.74) is 0.613. The van der Waals surface area contributed by atoms with Gasteiger partial charge < -0.3 is 5.32 Å². The molecule has 0 fully saturated rings. The molecule has 0 saturated carbocycles. The highest BCUT2D eigenvalue weighted by atomic mass is 35.5. The van der Waals surface area contributed by atoms with Crippen LogP contribution >= 0.6 is 11.6 Å². The number of amides is 3. The van der Waals surface area contributed by atoms with E-state index in [1.807, 2.05) is 0 Å². The molecule has 7 heteroatoms. The summed E-state index contributed by atoms with van der Waals surface area (Å²) >= 11 is 5.80. The highest BCUT2D eigenvalue weighted by Gasteiger charge is 2.36. The maximum absolute atomic E-state index is 12.1. The Balaban J connectivity index is 1.73. The van der Waals surface area contributed by atoms with Gasteiger partial charge in [0, 0.05) is 11.2 Å². The average Bonchev–Trinajstić information content (AvgIpc) is 2.73. The predicted octanol–water partition coefficient (Wildman–Crippen LogP) is 1.97. The van der Waals surface area contributed by atoms with E-state index in [1.54, 1.807) is 30.3 Å². The van der Waals surface area contributed by atoms with Gasteiger partial charge in [-0.2, -0.15) is 0 Å². The minimum atomic E-state index is -0.524. The number of carbonyl (C=O) groups is 3. The standard InChI is InChI=1S/C15H10ClN3O3/c16-9-5-6-17-12(7-9)18-13(20)8-19-14(21)10-3-1-2-4-11(10)15(19)22/h1-7H,8H2,(H,17,18,20). The Labute approximate surface area is 130 Å². The molecule has 110 valence electrons. The van der Waals surface area contributed by atoms with Crippen LogP contribution in [0.4, 0.5) is 5.82 Å². The SMILES string of the molecule is O=C(CN1C(=O)c2ccccc2C1=O)Nc1cc(Cl)ccn1. The molecule has 0 saturated heterocycles. The maximum atomic E-state index is 12.1. The summed E-state index contributed by atoms with van der Waals surface area (Å²) in [6, 6.07) is 9.51. The lowest BCUT2D eigenvalue weighted by Crippen LogP contribution is -2.37.